The van der Waals surface area contributed by atoms with E-state index in [-0.39, 0.29) is 0 Å². The van der Waals surface area contributed by atoms with Gasteiger partial charge in [-0.1, -0.05) is 54.1 Å². The molecule has 0 aliphatic rings. The number of nitrogens with zero attached hydrogens (tertiary/aromatic N) is 3. The molecule has 0 radical (unpaired) electrons. The van der Waals surface area contributed by atoms with E-state index in [0.29, 0.717) is 0 Å². The Kier molecular flexibility index (Phi) is 6.08. The topological polar surface area (TPSA) is 41.1 Å². The highest BCUT2D eigenvalue weighted by Crippen LogP contribution is 2.16. The highest BCUT2D eigenvalue weighted by molar-refractivity contribution is 6.30. The van der Waals surface area contributed by atoms with E-state index >= 15 is 0 Å². The first kappa shape index (κ1) is 18.2. The van der Waals surface area contributed by atoms with Gasteiger partial charge in [0.2, 0.25) is 5.95 Å². The fourth-order valence-electron chi connectivity index (χ4n) is 2.77. The Morgan fingerprint density at radius 3 is 2.50 bits per heavy atom. The summed E-state index contributed by atoms with van der Waals surface area (Å²) in [6, 6.07) is 20.2. The summed E-state index contributed by atoms with van der Waals surface area (Å²) in [6.45, 7) is 3.55. The fraction of sp³-hybridized carbons (Fsp3) is 0.238. The molecule has 0 saturated carbocycles. The van der Waals surface area contributed by atoms with Gasteiger partial charge in [0, 0.05) is 36.9 Å². The number of hydrogen-bond acceptors (Lipinski definition) is 4. The maximum atomic E-state index is 6.04. The largest absolute Gasteiger partial charge is 0.370 e. The second-order valence-electron chi connectivity index (χ2n) is 6.34. The summed E-state index contributed by atoms with van der Waals surface area (Å²) in [5.74, 6) is 1.56. The standard InChI is InChI=1S/C21H23ClN4/c1-16-13-20(23-12-11-17-9-6-10-19(22)14-17)25-21(24-16)26(2)15-18-7-4-3-5-8-18/h3-10,13-14H,11-12,15H2,1-2H3,(H,23,24,25). The maximum Gasteiger partial charge on any atom is 0.227 e. The normalized spacial score (nSPS) is 10.6. The molecule has 0 saturated heterocycles. The number of aromatic nitrogens is 2. The molecule has 0 aliphatic heterocycles. The van der Waals surface area contributed by atoms with Gasteiger partial charge in [0.1, 0.15) is 5.82 Å². The summed E-state index contributed by atoms with van der Waals surface area (Å²) in [7, 11) is 2.01. The van der Waals surface area contributed by atoms with Crippen LogP contribution in [0, 0.1) is 6.92 Å². The molecule has 2 aromatic carbocycles. The van der Waals surface area contributed by atoms with Gasteiger partial charge in [0.15, 0.2) is 0 Å². The van der Waals surface area contributed by atoms with Crippen LogP contribution in [0.3, 0.4) is 0 Å². The number of rotatable bonds is 7. The molecule has 4 nitrogen and oxygen atoms in total. The summed E-state index contributed by atoms with van der Waals surface area (Å²) >= 11 is 6.04. The highest BCUT2D eigenvalue weighted by atomic mass is 35.5. The van der Waals surface area contributed by atoms with Crippen molar-refractivity contribution < 1.29 is 0 Å². The van der Waals surface area contributed by atoms with E-state index in [9.17, 15) is 0 Å². The number of anilines is 2. The lowest BCUT2D eigenvalue weighted by molar-refractivity contribution is 0.857. The van der Waals surface area contributed by atoms with E-state index < -0.39 is 0 Å². The first-order chi connectivity index (χ1) is 12.6. The van der Waals surface area contributed by atoms with Crippen LogP contribution >= 0.6 is 11.6 Å². The van der Waals surface area contributed by atoms with Gasteiger partial charge in [0.05, 0.1) is 0 Å². The first-order valence-electron chi connectivity index (χ1n) is 8.69. The molecular weight excluding hydrogens is 344 g/mol. The van der Waals surface area contributed by atoms with Crippen LogP contribution in [-0.4, -0.2) is 23.6 Å². The van der Waals surface area contributed by atoms with Crippen LogP contribution in [0.1, 0.15) is 16.8 Å². The number of halogens is 1. The van der Waals surface area contributed by atoms with Crippen LogP contribution in [0.5, 0.6) is 0 Å². The van der Waals surface area contributed by atoms with Crippen molar-refractivity contribution in [1.82, 2.24) is 9.97 Å². The van der Waals surface area contributed by atoms with Gasteiger partial charge in [-0.3, -0.25) is 0 Å². The van der Waals surface area contributed by atoms with Gasteiger partial charge in [-0.2, -0.15) is 4.98 Å². The van der Waals surface area contributed by atoms with Crippen molar-refractivity contribution in [2.24, 2.45) is 0 Å². The molecule has 3 rings (SSSR count). The van der Waals surface area contributed by atoms with Crippen LogP contribution in [0.15, 0.2) is 60.7 Å². The molecule has 0 bridgehead atoms. The fourth-order valence-corrected chi connectivity index (χ4v) is 2.98. The molecule has 26 heavy (non-hydrogen) atoms. The molecule has 0 unspecified atom stereocenters. The minimum absolute atomic E-state index is 0.721. The second-order valence-corrected chi connectivity index (χ2v) is 6.78. The van der Waals surface area contributed by atoms with Gasteiger partial charge in [-0.15, -0.1) is 0 Å². The number of benzene rings is 2. The number of aryl methyl sites for hydroxylation is 1. The van der Waals surface area contributed by atoms with E-state index in [2.05, 4.69) is 38.4 Å². The average Bonchev–Trinajstić information content (AvgIpc) is 2.62. The molecule has 0 spiro atoms. The van der Waals surface area contributed by atoms with Crippen LogP contribution in [0.25, 0.3) is 0 Å². The predicted octanol–water partition coefficient (Wildman–Crippen LogP) is 4.73. The van der Waals surface area contributed by atoms with Crippen molar-refractivity contribution in [1.29, 1.82) is 0 Å². The summed E-state index contributed by atoms with van der Waals surface area (Å²) in [5.41, 5.74) is 3.38. The Labute approximate surface area is 159 Å². The zero-order chi connectivity index (χ0) is 18.4. The summed E-state index contributed by atoms with van der Waals surface area (Å²) in [6.07, 6.45) is 0.888. The van der Waals surface area contributed by atoms with Gasteiger partial charge >= 0.3 is 0 Å². The molecule has 0 amide bonds. The van der Waals surface area contributed by atoms with E-state index in [4.69, 9.17) is 11.6 Å². The molecular formula is C21H23ClN4. The predicted molar refractivity (Wildman–Crippen MR) is 109 cm³/mol. The average molecular weight is 367 g/mol. The molecule has 0 atom stereocenters. The zero-order valence-corrected chi connectivity index (χ0v) is 15.9. The minimum atomic E-state index is 0.721. The van der Waals surface area contributed by atoms with E-state index in [0.717, 1.165) is 42.0 Å². The summed E-state index contributed by atoms with van der Waals surface area (Å²) < 4.78 is 0. The molecule has 0 fully saturated rings. The van der Waals surface area contributed by atoms with Crippen molar-refractivity contribution in [3.63, 3.8) is 0 Å². The Hall–Kier alpha value is -2.59. The van der Waals surface area contributed by atoms with Crippen LogP contribution in [0.2, 0.25) is 5.02 Å². The molecule has 1 heterocycles. The van der Waals surface area contributed by atoms with Gasteiger partial charge < -0.3 is 10.2 Å². The SMILES string of the molecule is Cc1cc(NCCc2cccc(Cl)c2)nc(N(C)Cc2ccccc2)n1. The molecule has 134 valence electrons. The second kappa shape index (κ2) is 8.68. The van der Waals surface area contributed by atoms with E-state index in [1.165, 1.54) is 11.1 Å². The van der Waals surface area contributed by atoms with E-state index in [1.807, 2.05) is 56.4 Å². The maximum absolute atomic E-state index is 6.04. The Morgan fingerprint density at radius 2 is 1.73 bits per heavy atom. The number of nitrogens with one attached hydrogen (secondary N) is 1. The quantitative estimate of drug-likeness (QED) is 0.656. The van der Waals surface area contributed by atoms with Gasteiger partial charge in [-0.05, 0) is 36.6 Å². The lowest BCUT2D eigenvalue weighted by Gasteiger charge is -2.18. The summed E-state index contributed by atoms with van der Waals surface area (Å²) in [5, 5.41) is 4.16. The summed E-state index contributed by atoms with van der Waals surface area (Å²) in [4.78, 5) is 11.3. The Bertz CT molecular complexity index is 852. The molecule has 1 N–H and O–H groups in total. The zero-order valence-electron chi connectivity index (χ0n) is 15.1. The third kappa shape index (κ3) is 5.20. The van der Waals surface area contributed by atoms with Gasteiger partial charge in [-0.25, -0.2) is 4.98 Å². The first-order valence-corrected chi connectivity index (χ1v) is 9.07. The van der Waals surface area contributed by atoms with Crippen LogP contribution in [0.4, 0.5) is 11.8 Å². The van der Waals surface area contributed by atoms with Crippen molar-refractivity contribution in [2.45, 2.75) is 19.9 Å². The minimum Gasteiger partial charge on any atom is -0.370 e. The van der Waals surface area contributed by atoms with Crippen LogP contribution in [-0.2, 0) is 13.0 Å². The third-order valence-corrected chi connectivity index (χ3v) is 4.29. The monoisotopic (exact) mass is 366 g/mol. The smallest absolute Gasteiger partial charge is 0.227 e. The molecule has 5 heteroatoms. The number of hydrogen-bond donors (Lipinski definition) is 1. The van der Waals surface area contributed by atoms with Crippen molar-refractivity contribution >= 4 is 23.4 Å². The third-order valence-electron chi connectivity index (χ3n) is 4.06. The van der Waals surface area contributed by atoms with E-state index in [1.54, 1.807) is 0 Å². The highest BCUT2D eigenvalue weighted by Gasteiger charge is 2.08. The van der Waals surface area contributed by atoms with Gasteiger partial charge in [0.25, 0.3) is 0 Å². The lowest BCUT2D eigenvalue weighted by Crippen LogP contribution is -2.20. The lowest BCUT2D eigenvalue weighted by atomic mass is 10.1. The van der Waals surface area contributed by atoms with Crippen molar-refractivity contribution in [2.75, 3.05) is 23.8 Å². The van der Waals surface area contributed by atoms with Crippen molar-refractivity contribution in [3.8, 4) is 0 Å². The Balaban J connectivity index is 1.63. The van der Waals surface area contributed by atoms with Crippen molar-refractivity contribution in [3.05, 3.63) is 82.5 Å². The van der Waals surface area contributed by atoms with Crippen LogP contribution < -0.4 is 10.2 Å². The Morgan fingerprint density at radius 1 is 0.962 bits per heavy atom. The molecule has 1 aromatic heterocycles. The molecule has 0 aliphatic carbocycles. The molecule has 3 aromatic rings.